The van der Waals surface area contributed by atoms with E-state index < -0.39 is 33.2 Å². The fourth-order valence-corrected chi connectivity index (χ4v) is 5.04. The van der Waals surface area contributed by atoms with Crippen molar-refractivity contribution >= 4 is 26.8 Å². The van der Waals surface area contributed by atoms with E-state index in [1.807, 2.05) is 0 Å². The van der Waals surface area contributed by atoms with E-state index in [2.05, 4.69) is 9.97 Å². The lowest BCUT2D eigenvalue weighted by Crippen LogP contribution is -2.29. The van der Waals surface area contributed by atoms with Crippen LogP contribution in [0.2, 0.25) is 0 Å². The Balaban J connectivity index is 2.01. The summed E-state index contributed by atoms with van der Waals surface area (Å²) >= 11 is 0. The van der Waals surface area contributed by atoms with Crippen molar-refractivity contribution < 1.29 is 26.4 Å². The van der Waals surface area contributed by atoms with E-state index in [4.69, 9.17) is 0 Å². The number of aryl methyl sites for hydroxylation is 1. The summed E-state index contributed by atoms with van der Waals surface area (Å²) in [6.45, 7) is 2.62. The molecule has 0 aliphatic heterocycles. The van der Waals surface area contributed by atoms with Crippen LogP contribution >= 0.6 is 0 Å². The first kappa shape index (κ1) is 24.9. The molecule has 188 valence electrons. The quantitative estimate of drug-likeness (QED) is 0.504. The summed E-state index contributed by atoms with van der Waals surface area (Å²) in [4.78, 5) is 35.7. The smallest absolute Gasteiger partial charge is 0.337 e. The second-order valence-electron chi connectivity index (χ2n) is 8.40. The average molecular weight is 512 g/mol. The Morgan fingerprint density at radius 2 is 1.86 bits per heavy atom. The first-order valence-electron chi connectivity index (χ1n) is 11.0. The third-order valence-electron chi connectivity index (χ3n) is 6.16. The minimum Gasteiger partial charge on any atom is -0.337 e. The largest absolute Gasteiger partial charge is 0.431 e. The Bertz CT molecular complexity index is 1500. The van der Waals surface area contributed by atoms with Gasteiger partial charge in [-0.25, -0.2) is 18.4 Å². The second kappa shape index (κ2) is 8.47. The van der Waals surface area contributed by atoms with Crippen LogP contribution in [-0.4, -0.2) is 57.2 Å². The molecule has 0 aromatic carbocycles. The molecule has 1 fully saturated rings. The lowest BCUT2D eigenvalue weighted by Gasteiger charge is -2.17. The molecule has 0 spiro atoms. The molecule has 3 aromatic rings. The van der Waals surface area contributed by atoms with Crippen LogP contribution in [0.25, 0.3) is 22.6 Å². The third-order valence-corrected chi connectivity index (χ3v) is 7.92. The van der Waals surface area contributed by atoms with Gasteiger partial charge >= 0.3 is 6.18 Å². The first-order valence-corrected chi connectivity index (χ1v) is 12.7. The molecule has 0 unspecified atom stereocenters. The maximum absolute atomic E-state index is 13.6. The van der Waals surface area contributed by atoms with Crippen LogP contribution in [0, 0.1) is 0 Å². The summed E-state index contributed by atoms with van der Waals surface area (Å²) in [6, 6.07) is 3.39. The Morgan fingerprint density at radius 1 is 1.20 bits per heavy atom. The van der Waals surface area contributed by atoms with Crippen LogP contribution < -0.4 is 5.56 Å². The van der Waals surface area contributed by atoms with E-state index in [9.17, 15) is 31.2 Å². The second-order valence-corrected chi connectivity index (χ2v) is 10.6. The van der Waals surface area contributed by atoms with Gasteiger partial charge in [-0.2, -0.15) is 13.2 Å². The van der Waals surface area contributed by atoms with E-state index in [0.717, 1.165) is 18.9 Å². The number of alkyl halides is 3. The summed E-state index contributed by atoms with van der Waals surface area (Å²) in [5.74, 6) is -0.822. The van der Waals surface area contributed by atoms with Gasteiger partial charge in [-0.1, -0.05) is 6.92 Å². The van der Waals surface area contributed by atoms with Gasteiger partial charge < -0.3 is 14.0 Å². The van der Waals surface area contributed by atoms with Crippen molar-refractivity contribution in [2.45, 2.75) is 50.3 Å². The van der Waals surface area contributed by atoms with Crippen molar-refractivity contribution in [2.75, 3.05) is 12.8 Å². The van der Waals surface area contributed by atoms with Gasteiger partial charge in [-0.15, -0.1) is 0 Å². The molecule has 0 radical (unpaired) electrons. The molecule has 3 aromatic heterocycles. The Labute approximate surface area is 199 Å². The summed E-state index contributed by atoms with van der Waals surface area (Å²) in [5, 5.41) is 0. The number of carbonyl (C=O) groups is 1. The van der Waals surface area contributed by atoms with Crippen LogP contribution in [0.5, 0.6) is 0 Å². The van der Waals surface area contributed by atoms with Gasteiger partial charge in [0.25, 0.3) is 11.5 Å². The molecule has 0 N–H and O–H groups in total. The Hall–Kier alpha value is -3.22. The van der Waals surface area contributed by atoms with Gasteiger partial charge in [0.15, 0.2) is 15.7 Å². The Kier molecular flexibility index (Phi) is 6.02. The topological polar surface area (TPSA) is 107 Å². The monoisotopic (exact) mass is 511 g/mol. The molecule has 1 aliphatic carbocycles. The van der Waals surface area contributed by atoms with E-state index >= 15 is 0 Å². The molecule has 1 amide bonds. The van der Waals surface area contributed by atoms with Gasteiger partial charge in [-0.05, 0) is 38.0 Å². The van der Waals surface area contributed by atoms with Crippen molar-refractivity contribution in [3.63, 3.8) is 0 Å². The third kappa shape index (κ3) is 4.21. The molecule has 4 rings (SSSR count). The number of nitrogens with zero attached hydrogens (tertiary/aromatic N) is 5. The summed E-state index contributed by atoms with van der Waals surface area (Å²) < 4.78 is 68.3. The molecule has 0 saturated heterocycles. The zero-order valence-electron chi connectivity index (χ0n) is 19.5. The van der Waals surface area contributed by atoms with Gasteiger partial charge in [0, 0.05) is 26.7 Å². The number of hydrogen-bond acceptors (Lipinski definition) is 6. The molecule has 0 bridgehead atoms. The van der Waals surface area contributed by atoms with E-state index in [-0.39, 0.29) is 51.5 Å². The highest BCUT2D eigenvalue weighted by Crippen LogP contribution is 2.33. The lowest BCUT2D eigenvalue weighted by atomic mass is 10.2. The summed E-state index contributed by atoms with van der Waals surface area (Å²) in [5.41, 5.74) is -2.69. The highest BCUT2D eigenvalue weighted by Gasteiger charge is 2.36. The van der Waals surface area contributed by atoms with Crippen molar-refractivity contribution in [3.05, 3.63) is 39.9 Å². The SMILES string of the molecule is CCn1c(C(F)(F)F)cc2nc(-c3nc(C(=O)N(C)C4CC4)ccc3S(=O)(=O)CC)n(C)c2c1=O. The summed E-state index contributed by atoms with van der Waals surface area (Å²) in [7, 11) is -0.835. The standard InChI is InChI=1S/C22H24F3N5O4S/c1-5-30-16(22(23,24)25)11-14-18(21(30)32)29(4)19(27-14)17-15(35(33,34)6-2)10-9-13(26-17)20(31)28(3)12-7-8-12/h9-12H,5-8H2,1-4H3. The molecular weight excluding hydrogens is 487 g/mol. The predicted octanol–water partition coefficient (Wildman–Crippen LogP) is 2.86. The van der Waals surface area contributed by atoms with E-state index in [1.54, 1.807) is 7.05 Å². The maximum atomic E-state index is 13.6. The molecule has 0 atom stereocenters. The normalized spacial score (nSPS) is 14.5. The first-order chi connectivity index (χ1) is 16.3. The molecule has 1 saturated carbocycles. The number of aromatic nitrogens is 4. The number of imidazole rings is 1. The number of fused-ring (bicyclic) bond motifs is 1. The minimum atomic E-state index is -4.80. The van der Waals surface area contributed by atoms with Crippen LogP contribution in [0.1, 0.15) is 42.9 Å². The zero-order valence-corrected chi connectivity index (χ0v) is 20.4. The highest BCUT2D eigenvalue weighted by atomic mass is 32.2. The van der Waals surface area contributed by atoms with Gasteiger partial charge in [0.1, 0.15) is 22.6 Å². The van der Waals surface area contributed by atoms with Crippen LogP contribution in [0.4, 0.5) is 13.2 Å². The number of carbonyl (C=O) groups excluding carboxylic acids is 1. The van der Waals surface area contributed by atoms with E-state index in [0.29, 0.717) is 4.57 Å². The fraction of sp³-hybridized carbons (Fsp3) is 0.455. The van der Waals surface area contributed by atoms with Gasteiger partial charge in [-0.3, -0.25) is 9.59 Å². The minimum absolute atomic E-state index is 0.0292. The number of pyridine rings is 2. The van der Waals surface area contributed by atoms with Gasteiger partial charge in [0.05, 0.1) is 16.2 Å². The van der Waals surface area contributed by atoms with Crippen molar-refractivity contribution in [1.29, 1.82) is 0 Å². The van der Waals surface area contributed by atoms with Gasteiger partial charge in [0.2, 0.25) is 0 Å². The molecule has 13 heteroatoms. The molecule has 35 heavy (non-hydrogen) atoms. The van der Waals surface area contributed by atoms with Crippen LogP contribution in [0.3, 0.4) is 0 Å². The fourth-order valence-electron chi connectivity index (χ4n) is 4.02. The van der Waals surface area contributed by atoms with E-state index in [1.165, 1.54) is 42.5 Å². The number of amides is 1. The van der Waals surface area contributed by atoms with Crippen molar-refractivity contribution in [3.8, 4) is 11.5 Å². The number of halogens is 3. The Morgan fingerprint density at radius 3 is 2.40 bits per heavy atom. The predicted molar refractivity (Wildman–Crippen MR) is 122 cm³/mol. The number of rotatable bonds is 6. The zero-order chi connectivity index (χ0) is 25.9. The average Bonchev–Trinajstić information content (AvgIpc) is 3.60. The highest BCUT2D eigenvalue weighted by molar-refractivity contribution is 7.91. The molecular formula is C22H24F3N5O4S. The molecule has 1 aliphatic rings. The molecule has 9 nitrogen and oxygen atoms in total. The van der Waals surface area contributed by atoms with Crippen LogP contribution in [0.15, 0.2) is 27.9 Å². The van der Waals surface area contributed by atoms with Crippen molar-refractivity contribution in [2.24, 2.45) is 7.05 Å². The van der Waals surface area contributed by atoms with Crippen LogP contribution in [-0.2, 0) is 29.6 Å². The summed E-state index contributed by atoms with van der Waals surface area (Å²) in [6.07, 6.45) is -3.09. The molecule has 3 heterocycles. The maximum Gasteiger partial charge on any atom is 0.431 e. The van der Waals surface area contributed by atoms with Crippen molar-refractivity contribution in [1.82, 2.24) is 24.0 Å². The number of sulfone groups is 1. The lowest BCUT2D eigenvalue weighted by molar-refractivity contribution is -0.144. The number of hydrogen-bond donors (Lipinski definition) is 0.